The van der Waals surface area contributed by atoms with Gasteiger partial charge in [0.15, 0.2) is 4.77 Å². The molecule has 0 aliphatic rings. The van der Waals surface area contributed by atoms with Crippen molar-refractivity contribution in [2.24, 2.45) is 0 Å². The van der Waals surface area contributed by atoms with E-state index in [1.54, 1.807) is 22.8 Å². The van der Waals surface area contributed by atoms with E-state index in [9.17, 15) is 14.4 Å². The van der Waals surface area contributed by atoms with Crippen molar-refractivity contribution in [1.29, 1.82) is 0 Å². The second-order valence-electron chi connectivity index (χ2n) is 7.96. The summed E-state index contributed by atoms with van der Waals surface area (Å²) in [6.07, 6.45) is 2.39. The molecule has 8 nitrogen and oxygen atoms in total. The third kappa shape index (κ3) is 6.32. The third-order valence-electron chi connectivity index (χ3n) is 5.75. The minimum atomic E-state index is -0.357. The van der Waals surface area contributed by atoms with Crippen LogP contribution in [0.25, 0.3) is 10.9 Å². The number of benzene rings is 2. The van der Waals surface area contributed by atoms with Gasteiger partial charge in [-0.15, -0.1) is 0 Å². The van der Waals surface area contributed by atoms with E-state index in [-0.39, 0.29) is 23.8 Å². The minimum Gasteiger partial charge on any atom is -0.372 e. The quantitative estimate of drug-likeness (QED) is 0.232. The maximum absolute atomic E-state index is 12.6. The molecule has 34 heavy (non-hydrogen) atoms. The normalized spacial score (nSPS) is 10.8. The molecule has 2 amide bonds. The van der Waals surface area contributed by atoms with Gasteiger partial charge in [0.05, 0.1) is 10.9 Å². The summed E-state index contributed by atoms with van der Waals surface area (Å²) in [5.41, 5.74) is 7.08. The van der Waals surface area contributed by atoms with Gasteiger partial charge in [0.1, 0.15) is 0 Å². The van der Waals surface area contributed by atoms with Gasteiger partial charge in [-0.1, -0.05) is 18.6 Å². The number of nitrogens with zero attached hydrogens (tertiary/aromatic N) is 2. The highest BCUT2D eigenvalue weighted by molar-refractivity contribution is 7.71. The lowest BCUT2D eigenvalue weighted by Crippen LogP contribution is -2.41. The molecule has 180 valence electrons. The van der Waals surface area contributed by atoms with Gasteiger partial charge >= 0.3 is 0 Å². The topological polar surface area (TPSA) is 99.2 Å². The number of carbonyl (C=O) groups excluding carboxylic acids is 2. The van der Waals surface area contributed by atoms with Crippen LogP contribution in [-0.2, 0) is 11.3 Å². The van der Waals surface area contributed by atoms with Gasteiger partial charge in [-0.25, -0.2) is 0 Å². The molecule has 3 aromatic rings. The Balaban J connectivity index is 1.40. The van der Waals surface area contributed by atoms with Crippen LogP contribution in [0.1, 0.15) is 49.9 Å². The van der Waals surface area contributed by atoms with E-state index in [1.165, 1.54) is 0 Å². The summed E-state index contributed by atoms with van der Waals surface area (Å²) in [7, 11) is 0. The number of carbonyl (C=O) groups is 2. The van der Waals surface area contributed by atoms with Crippen LogP contribution in [-0.4, -0.2) is 34.5 Å². The van der Waals surface area contributed by atoms with Gasteiger partial charge in [-0.2, -0.15) is 0 Å². The van der Waals surface area contributed by atoms with Crippen LogP contribution in [0.4, 0.5) is 5.69 Å². The van der Waals surface area contributed by atoms with Gasteiger partial charge < -0.3 is 9.88 Å². The molecule has 1 heterocycles. The predicted octanol–water partition coefficient (Wildman–Crippen LogP) is 3.93. The SMILES string of the molecule is CCN(CC)c1ccc(C(=O)NNC(=O)CCCCCn2c(=S)[nH]c3ccccc3c2=O)cc1. The van der Waals surface area contributed by atoms with Gasteiger partial charge in [0.25, 0.3) is 11.5 Å². The van der Waals surface area contributed by atoms with E-state index >= 15 is 0 Å². The molecule has 0 spiro atoms. The van der Waals surface area contributed by atoms with Crippen LogP contribution in [0, 0.1) is 4.77 Å². The first-order valence-electron chi connectivity index (χ1n) is 11.6. The lowest BCUT2D eigenvalue weighted by molar-refractivity contribution is -0.122. The number of unbranched alkanes of at least 4 members (excludes halogenated alkanes) is 2. The molecule has 0 unspecified atom stereocenters. The molecule has 0 bridgehead atoms. The molecule has 3 N–H and O–H groups in total. The van der Waals surface area contributed by atoms with Gasteiger partial charge in [-0.05, 0) is 75.3 Å². The number of amides is 2. The number of fused-ring (bicyclic) bond motifs is 1. The first kappa shape index (κ1) is 25.2. The van der Waals surface area contributed by atoms with Crippen molar-refractivity contribution in [3.05, 3.63) is 69.2 Å². The van der Waals surface area contributed by atoms with Crippen molar-refractivity contribution in [2.45, 2.75) is 46.1 Å². The summed E-state index contributed by atoms with van der Waals surface area (Å²) in [6.45, 7) is 6.44. The Morgan fingerprint density at radius 2 is 1.68 bits per heavy atom. The van der Waals surface area contributed by atoms with Gasteiger partial charge in [-0.3, -0.25) is 29.8 Å². The summed E-state index contributed by atoms with van der Waals surface area (Å²) in [4.78, 5) is 42.3. The van der Waals surface area contributed by atoms with E-state index in [0.717, 1.165) is 30.7 Å². The van der Waals surface area contributed by atoms with Crippen LogP contribution < -0.4 is 21.3 Å². The zero-order chi connectivity index (χ0) is 24.5. The largest absolute Gasteiger partial charge is 0.372 e. The molecule has 0 fully saturated rings. The van der Waals surface area contributed by atoms with Crippen molar-refractivity contribution in [3.63, 3.8) is 0 Å². The molecular formula is C25H31N5O3S. The maximum atomic E-state index is 12.6. The molecule has 0 aliphatic carbocycles. The number of nitrogens with one attached hydrogen (secondary N) is 3. The Bertz CT molecular complexity index is 1250. The third-order valence-corrected chi connectivity index (χ3v) is 6.07. The fourth-order valence-corrected chi connectivity index (χ4v) is 4.09. The summed E-state index contributed by atoms with van der Waals surface area (Å²) in [5.74, 6) is -0.613. The number of hydrogen-bond acceptors (Lipinski definition) is 5. The smallest absolute Gasteiger partial charge is 0.269 e. The molecule has 0 radical (unpaired) electrons. The van der Waals surface area contributed by atoms with Crippen LogP contribution in [0.5, 0.6) is 0 Å². The molecule has 0 aliphatic heterocycles. The Morgan fingerprint density at radius 3 is 2.38 bits per heavy atom. The van der Waals surface area contributed by atoms with Crippen molar-refractivity contribution < 1.29 is 9.59 Å². The number of para-hydroxylation sites is 1. The Kier molecular flexibility index (Phi) is 8.98. The summed E-state index contributed by atoms with van der Waals surface area (Å²) in [6, 6.07) is 14.6. The zero-order valence-electron chi connectivity index (χ0n) is 19.6. The number of hydrazine groups is 1. The van der Waals surface area contributed by atoms with E-state index in [1.807, 2.05) is 30.3 Å². The van der Waals surface area contributed by atoms with Crippen molar-refractivity contribution in [2.75, 3.05) is 18.0 Å². The average molecular weight is 482 g/mol. The molecule has 0 saturated heterocycles. The van der Waals surface area contributed by atoms with E-state index in [2.05, 4.69) is 34.6 Å². The molecular weight excluding hydrogens is 450 g/mol. The average Bonchev–Trinajstić information content (AvgIpc) is 2.85. The molecule has 0 atom stereocenters. The minimum absolute atomic E-state index is 0.107. The molecule has 9 heteroatoms. The van der Waals surface area contributed by atoms with Crippen LogP contribution in [0.3, 0.4) is 0 Å². The number of H-pyrrole nitrogens is 1. The summed E-state index contributed by atoms with van der Waals surface area (Å²) >= 11 is 5.32. The molecule has 1 aromatic heterocycles. The fourth-order valence-electron chi connectivity index (χ4n) is 3.81. The van der Waals surface area contributed by atoms with E-state index < -0.39 is 0 Å². The summed E-state index contributed by atoms with van der Waals surface area (Å²) < 4.78 is 1.96. The highest BCUT2D eigenvalue weighted by Crippen LogP contribution is 2.14. The van der Waals surface area contributed by atoms with Crippen LogP contribution in [0.2, 0.25) is 0 Å². The van der Waals surface area contributed by atoms with E-state index in [0.29, 0.717) is 35.1 Å². The van der Waals surface area contributed by atoms with Crippen molar-refractivity contribution >= 4 is 40.6 Å². The first-order chi connectivity index (χ1) is 16.4. The number of aromatic amines is 1. The van der Waals surface area contributed by atoms with Crippen molar-refractivity contribution in [3.8, 4) is 0 Å². The predicted molar refractivity (Wildman–Crippen MR) is 137 cm³/mol. The maximum Gasteiger partial charge on any atom is 0.269 e. The van der Waals surface area contributed by atoms with Gasteiger partial charge in [0.2, 0.25) is 5.91 Å². The van der Waals surface area contributed by atoms with E-state index in [4.69, 9.17) is 12.2 Å². The fraction of sp³-hybridized carbons (Fsp3) is 0.360. The summed E-state index contributed by atoms with van der Waals surface area (Å²) in [5, 5.41) is 0.605. The van der Waals surface area contributed by atoms with Crippen LogP contribution in [0.15, 0.2) is 53.3 Å². The number of hydrogen-bond donors (Lipinski definition) is 3. The lowest BCUT2D eigenvalue weighted by atomic mass is 10.2. The van der Waals surface area contributed by atoms with Crippen LogP contribution >= 0.6 is 12.2 Å². The Morgan fingerprint density at radius 1 is 0.971 bits per heavy atom. The molecule has 0 saturated carbocycles. The second-order valence-corrected chi connectivity index (χ2v) is 8.35. The molecule has 3 rings (SSSR count). The number of rotatable bonds is 10. The highest BCUT2D eigenvalue weighted by Gasteiger charge is 2.09. The van der Waals surface area contributed by atoms with Gasteiger partial charge in [0, 0.05) is 37.3 Å². The second kappa shape index (κ2) is 12.1. The number of anilines is 1. The zero-order valence-corrected chi connectivity index (χ0v) is 20.4. The lowest BCUT2D eigenvalue weighted by Gasteiger charge is -2.21. The standard InChI is InChI=1S/C25H31N5O3S/c1-3-29(4-2)19-15-13-18(14-16-19)23(32)28-27-22(31)12-6-5-9-17-30-24(33)20-10-7-8-11-21(20)26-25(30)34/h7-8,10-11,13-16H,3-6,9,12,17H2,1-2H3,(H,26,34)(H,27,31)(H,28,32). The Hall–Kier alpha value is -3.46. The number of aromatic nitrogens is 2. The Labute approximate surface area is 204 Å². The van der Waals surface area contributed by atoms with Crippen molar-refractivity contribution in [1.82, 2.24) is 20.4 Å². The highest BCUT2D eigenvalue weighted by atomic mass is 32.1. The monoisotopic (exact) mass is 481 g/mol. The molecule has 2 aromatic carbocycles. The first-order valence-corrected chi connectivity index (χ1v) is 12.0.